The Bertz CT molecular complexity index is 979. The van der Waals surface area contributed by atoms with Gasteiger partial charge in [0.25, 0.3) is 5.91 Å². The van der Waals surface area contributed by atoms with Crippen LogP contribution in [0.3, 0.4) is 0 Å². The number of hydrogen-bond donors (Lipinski definition) is 2. The molecule has 124 valence electrons. The van der Waals surface area contributed by atoms with E-state index >= 15 is 0 Å². The molecule has 0 aliphatic carbocycles. The van der Waals surface area contributed by atoms with Gasteiger partial charge in [-0.05, 0) is 6.42 Å². The summed E-state index contributed by atoms with van der Waals surface area (Å²) in [7, 11) is 3.65. The summed E-state index contributed by atoms with van der Waals surface area (Å²) in [5.41, 5.74) is 2.19. The van der Waals surface area contributed by atoms with Crippen LogP contribution in [0.1, 0.15) is 16.2 Å². The summed E-state index contributed by atoms with van der Waals surface area (Å²) in [6, 6.07) is -0.424. The van der Waals surface area contributed by atoms with Crippen molar-refractivity contribution in [2.24, 2.45) is 7.05 Å². The minimum atomic E-state index is -0.424. The van der Waals surface area contributed by atoms with Gasteiger partial charge in [-0.25, -0.2) is 15.0 Å². The minimum Gasteiger partial charge on any atom is -0.371 e. The summed E-state index contributed by atoms with van der Waals surface area (Å²) >= 11 is 2.47. The van der Waals surface area contributed by atoms with Crippen molar-refractivity contribution in [2.75, 3.05) is 18.1 Å². The highest BCUT2D eigenvalue weighted by molar-refractivity contribution is 8.14. The summed E-state index contributed by atoms with van der Waals surface area (Å²) in [6.45, 7) is 0. The van der Waals surface area contributed by atoms with Gasteiger partial charge in [-0.2, -0.15) is 0 Å². The van der Waals surface area contributed by atoms with E-state index in [4.69, 9.17) is 0 Å². The summed E-state index contributed by atoms with van der Waals surface area (Å²) in [5.74, 6) is 1.06. The smallest absolute Gasteiger partial charge is 0.280 e. The molecule has 1 atom stereocenters. The Morgan fingerprint density at radius 1 is 1.38 bits per heavy atom. The number of imidazole rings is 1. The van der Waals surface area contributed by atoms with Gasteiger partial charge in [0.1, 0.15) is 21.4 Å². The first kappa shape index (κ1) is 15.3. The van der Waals surface area contributed by atoms with Gasteiger partial charge in [0.15, 0.2) is 10.8 Å². The van der Waals surface area contributed by atoms with Gasteiger partial charge in [-0.15, -0.1) is 0 Å². The Morgan fingerprint density at radius 2 is 2.21 bits per heavy atom. The fourth-order valence-electron chi connectivity index (χ4n) is 2.70. The van der Waals surface area contributed by atoms with E-state index in [-0.39, 0.29) is 11.0 Å². The molecular formula is C14H14N6O2S2. The molecule has 1 fully saturated rings. The molecule has 8 nitrogen and oxygen atoms in total. The van der Waals surface area contributed by atoms with E-state index < -0.39 is 6.04 Å². The van der Waals surface area contributed by atoms with Crippen molar-refractivity contribution in [1.29, 1.82) is 0 Å². The highest BCUT2D eigenvalue weighted by Gasteiger charge is 2.28. The lowest BCUT2D eigenvalue weighted by atomic mass is 10.2. The second kappa shape index (κ2) is 5.71. The second-order valence-corrected chi connectivity index (χ2v) is 7.49. The summed E-state index contributed by atoms with van der Waals surface area (Å²) < 4.78 is 1.86. The van der Waals surface area contributed by atoms with Crippen LogP contribution in [0.2, 0.25) is 0 Å². The Kier molecular flexibility index (Phi) is 3.65. The second-order valence-electron chi connectivity index (χ2n) is 5.42. The zero-order valence-electron chi connectivity index (χ0n) is 13.0. The first-order chi connectivity index (χ1) is 11.6. The molecule has 1 amide bonds. The van der Waals surface area contributed by atoms with E-state index in [1.54, 1.807) is 13.4 Å². The number of thiazole rings is 1. The van der Waals surface area contributed by atoms with Crippen LogP contribution in [0.4, 0.5) is 5.82 Å². The van der Waals surface area contributed by atoms with Gasteiger partial charge in [0.2, 0.25) is 5.12 Å². The predicted molar refractivity (Wildman–Crippen MR) is 94.6 cm³/mol. The van der Waals surface area contributed by atoms with Crippen molar-refractivity contribution in [2.45, 2.75) is 12.5 Å². The lowest BCUT2D eigenvalue weighted by Crippen LogP contribution is -2.37. The molecule has 3 aromatic rings. The van der Waals surface area contributed by atoms with Crippen LogP contribution in [0.15, 0.2) is 6.33 Å². The van der Waals surface area contributed by atoms with Crippen molar-refractivity contribution in [3.8, 4) is 0 Å². The molecule has 2 N–H and O–H groups in total. The van der Waals surface area contributed by atoms with E-state index in [1.165, 1.54) is 23.1 Å². The first-order valence-corrected chi connectivity index (χ1v) is 9.15. The number of pyridine rings is 1. The van der Waals surface area contributed by atoms with E-state index in [9.17, 15) is 9.59 Å². The van der Waals surface area contributed by atoms with Crippen molar-refractivity contribution < 1.29 is 9.59 Å². The average Bonchev–Trinajstić information content (AvgIpc) is 3.26. The number of carbonyl (C=O) groups is 2. The lowest BCUT2D eigenvalue weighted by molar-refractivity contribution is -0.112. The first-order valence-electron chi connectivity index (χ1n) is 7.35. The third-order valence-electron chi connectivity index (χ3n) is 3.88. The van der Waals surface area contributed by atoms with Crippen LogP contribution in [-0.4, -0.2) is 49.4 Å². The van der Waals surface area contributed by atoms with E-state index in [1.807, 2.05) is 11.6 Å². The van der Waals surface area contributed by atoms with Crippen molar-refractivity contribution >= 4 is 61.3 Å². The molecule has 0 bridgehead atoms. The Balaban J connectivity index is 1.77. The molecule has 1 aliphatic heterocycles. The van der Waals surface area contributed by atoms with Crippen molar-refractivity contribution in [3.05, 3.63) is 11.3 Å². The van der Waals surface area contributed by atoms with Gasteiger partial charge < -0.3 is 15.2 Å². The molecule has 1 unspecified atom stereocenters. The number of hydrogen-bond acceptors (Lipinski definition) is 8. The number of carbonyl (C=O) groups excluding carboxylic acids is 2. The maximum Gasteiger partial charge on any atom is 0.280 e. The Hall–Kier alpha value is -2.20. The summed E-state index contributed by atoms with van der Waals surface area (Å²) in [4.78, 5) is 38.1. The fourth-order valence-corrected chi connectivity index (χ4v) is 4.48. The number of thioether (sulfide) groups is 1. The van der Waals surface area contributed by atoms with Crippen LogP contribution in [0.25, 0.3) is 21.4 Å². The van der Waals surface area contributed by atoms with Crippen molar-refractivity contribution in [3.63, 3.8) is 0 Å². The zero-order chi connectivity index (χ0) is 16.8. The monoisotopic (exact) mass is 362 g/mol. The van der Waals surface area contributed by atoms with E-state index in [0.717, 1.165) is 11.3 Å². The SMILES string of the molecule is CNc1nc2sc(C(=O)NC3CCSC3=O)nc2c2c1ncn2C. The standard InChI is InChI=1S/C14H14N6O2S2/c1-15-10-7-9(20(2)5-16-7)8-12(19-10)24-13(18-8)11(21)17-6-3-4-23-14(6)22/h5-6H,3-4H2,1-2H3,(H,15,19)(H,17,21). The lowest BCUT2D eigenvalue weighted by Gasteiger charge is -2.07. The maximum absolute atomic E-state index is 12.4. The van der Waals surface area contributed by atoms with Gasteiger partial charge in [0.05, 0.1) is 12.4 Å². The Morgan fingerprint density at radius 3 is 2.92 bits per heavy atom. The zero-order valence-corrected chi connectivity index (χ0v) is 14.6. The largest absolute Gasteiger partial charge is 0.371 e. The molecule has 24 heavy (non-hydrogen) atoms. The van der Waals surface area contributed by atoms with Crippen LogP contribution < -0.4 is 10.6 Å². The molecule has 0 saturated carbocycles. The Labute approximate surface area is 145 Å². The summed E-state index contributed by atoms with van der Waals surface area (Å²) in [5, 5.41) is 6.10. The number of aromatic nitrogens is 4. The number of anilines is 1. The molecule has 10 heteroatoms. The minimum absolute atomic E-state index is 0.00841. The van der Waals surface area contributed by atoms with Crippen LogP contribution in [-0.2, 0) is 11.8 Å². The number of nitrogens with one attached hydrogen (secondary N) is 2. The number of rotatable bonds is 3. The summed E-state index contributed by atoms with van der Waals surface area (Å²) in [6.07, 6.45) is 2.36. The molecule has 4 rings (SSSR count). The average molecular weight is 362 g/mol. The normalized spacial score (nSPS) is 17.8. The third kappa shape index (κ3) is 2.33. The quantitative estimate of drug-likeness (QED) is 0.726. The van der Waals surface area contributed by atoms with Gasteiger partial charge in [-0.1, -0.05) is 23.1 Å². The highest BCUT2D eigenvalue weighted by atomic mass is 32.2. The number of aryl methyl sites for hydroxylation is 1. The fraction of sp³-hybridized carbons (Fsp3) is 0.357. The van der Waals surface area contributed by atoms with Crippen molar-refractivity contribution in [1.82, 2.24) is 24.8 Å². The third-order valence-corrected chi connectivity index (χ3v) is 5.84. The maximum atomic E-state index is 12.4. The molecule has 4 heterocycles. The van der Waals surface area contributed by atoms with Gasteiger partial charge in [0, 0.05) is 19.8 Å². The number of amides is 1. The number of nitrogens with zero attached hydrogens (tertiary/aromatic N) is 4. The molecule has 3 aromatic heterocycles. The molecule has 0 aromatic carbocycles. The number of fused-ring (bicyclic) bond motifs is 3. The van der Waals surface area contributed by atoms with Crippen LogP contribution in [0.5, 0.6) is 0 Å². The molecule has 1 saturated heterocycles. The van der Waals surface area contributed by atoms with Crippen LogP contribution >= 0.6 is 23.1 Å². The molecular weight excluding hydrogens is 348 g/mol. The predicted octanol–water partition coefficient (Wildman–Crippen LogP) is 1.38. The van der Waals surface area contributed by atoms with Gasteiger partial charge in [-0.3, -0.25) is 9.59 Å². The van der Waals surface area contributed by atoms with Crippen LogP contribution in [0, 0.1) is 0 Å². The molecule has 0 spiro atoms. The topological polar surface area (TPSA) is 102 Å². The molecule has 1 aliphatic rings. The molecule has 0 radical (unpaired) electrons. The highest BCUT2D eigenvalue weighted by Crippen LogP contribution is 2.31. The van der Waals surface area contributed by atoms with E-state index in [2.05, 4.69) is 25.6 Å². The van der Waals surface area contributed by atoms with E-state index in [0.29, 0.717) is 33.1 Å². The van der Waals surface area contributed by atoms with Gasteiger partial charge >= 0.3 is 0 Å².